The third-order valence-corrected chi connectivity index (χ3v) is 3.01. The van der Waals surface area contributed by atoms with Crippen LogP contribution >= 0.6 is 0 Å². The summed E-state index contributed by atoms with van der Waals surface area (Å²) < 4.78 is 1.39. The second kappa shape index (κ2) is 6.08. The van der Waals surface area contributed by atoms with Gasteiger partial charge in [-0.2, -0.15) is 5.10 Å². The molecule has 2 heterocycles. The fraction of sp³-hybridized carbons (Fsp3) is 0. The van der Waals surface area contributed by atoms with Gasteiger partial charge in [0.05, 0.1) is 34.0 Å². The van der Waals surface area contributed by atoms with Crippen molar-refractivity contribution in [2.75, 3.05) is 5.32 Å². The lowest BCUT2D eigenvalue weighted by atomic mass is 10.2. The molecule has 11 nitrogen and oxygen atoms in total. The van der Waals surface area contributed by atoms with E-state index in [2.05, 4.69) is 20.4 Å². The zero-order chi connectivity index (χ0) is 17.1. The molecule has 1 aromatic carbocycles. The zero-order valence-electron chi connectivity index (χ0n) is 11.9. The van der Waals surface area contributed by atoms with E-state index in [0.29, 0.717) is 11.6 Å². The molecule has 2 aromatic heterocycles. The monoisotopic (exact) mass is 327 g/mol. The van der Waals surface area contributed by atoms with Gasteiger partial charge in [0.1, 0.15) is 5.69 Å². The molecular formula is C13H9N7O4. The first-order chi connectivity index (χ1) is 11.5. The van der Waals surface area contributed by atoms with Gasteiger partial charge in [-0.05, 0) is 12.1 Å². The van der Waals surface area contributed by atoms with Gasteiger partial charge in [-0.15, -0.1) is 0 Å². The minimum absolute atomic E-state index is 0.110. The minimum atomic E-state index is -0.694. The van der Waals surface area contributed by atoms with Gasteiger partial charge < -0.3 is 5.32 Å². The Kier molecular flexibility index (Phi) is 3.81. The number of aromatic nitrogens is 4. The lowest BCUT2D eigenvalue weighted by Gasteiger charge is -2.04. The van der Waals surface area contributed by atoms with E-state index in [-0.39, 0.29) is 11.4 Å². The molecule has 0 saturated carbocycles. The zero-order valence-corrected chi connectivity index (χ0v) is 11.9. The molecule has 120 valence electrons. The van der Waals surface area contributed by atoms with Crippen molar-refractivity contribution < 1.29 is 9.85 Å². The number of hydrogen-bond acceptors (Lipinski definition) is 8. The molecule has 11 heteroatoms. The van der Waals surface area contributed by atoms with Crippen molar-refractivity contribution in [3.63, 3.8) is 0 Å². The third-order valence-electron chi connectivity index (χ3n) is 3.01. The summed E-state index contributed by atoms with van der Waals surface area (Å²) >= 11 is 0. The van der Waals surface area contributed by atoms with E-state index in [1.807, 2.05) is 0 Å². The van der Waals surface area contributed by atoms with Crippen LogP contribution in [0.4, 0.5) is 22.7 Å². The van der Waals surface area contributed by atoms with E-state index in [0.717, 1.165) is 6.07 Å². The highest BCUT2D eigenvalue weighted by atomic mass is 16.6. The number of nitrogens with one attached hydrogen (secondary N) is 1. The summed E-state index contributed by atoms with van der Waals surface area (Å²) in [5, 5.41) is 28.7. The molecular weight excluding hydrogens is 318 g/mol. The molecule has 0 aliphatic carbocycles. The van der Waals surface area contributed by atoms with Crippen molar-refractivity contribution >= 4 is 22.7 Å². The van der Waals surface area contributed by atoms with E-state index >= 15 is 0 Å². The molecule has 0 radical (unpaired) electrons. The van der Waals surface area contributed by atoms with Gasteiger partial charge in [-0.1, -0.05) is 0 Å². The van der Waals surface area contributed by atoms with Gasteiger partial charge in [0.15, 0.2) is 0 Å². The largest absolute Gasteiger partial charge is 0.347 e. The van der Waals surface area contributed by atoms with E-state index in [9.17, 15) is 20.2 Å². The van der Waals surface area contributed by atoms with Crippen LogP contribution in [0.25, 0.3) is 5.95 Å². The number of benzene rings is 1. The predicted molar refractivity (Wildman–Crippen MR) is 82.2 cm³/mol. The van der Waals surface area contributed by atoms with Crippen molar-refractivity contribution in [2.24, 2.45) is 0 Å². The smallest absolute Gasteiger partial charge is 0.299 e. The summed E-state index contributed by atoms with van der Waals surface area (Å²) in [7, 11) is 0. The van der Waals surface area contributed by atoms with E-state index in [4.69, 9.17) is 0 Å². The number of anilines is 2. The van der Waals surface area contributed by atoms with Crippen molar-refractivity contribution in [3.05, 3.63) is 69.3 Å². The van der Waals surface area contributed by atoms with Gasteiger partial charge in [0, 0.05) is 18.5 Å². The Bertz CT molecular complexity index is 910. The Labute approximate surface area is 133 Å². The number of rotatable bonds is 5. The van der Waals surface area contributed by atoms with E-state index in [1.165, 1.54) is 23.0 Å². The molecule has 0 atom stereocenters. The van der Waals surface area contributed by atoms with Crippen LogP contribution in [0.1, 0.15) is 0 Å². The number of non-ortho nitro benzene ring substituents is 1. The molecule has 24 heavy (non-hydrogen) atoms. The molecule has 0 spiro atoms. The fourth-order valence-electron chi connectivity index (χ4n) is 1.95. The van der Waals surface area contributed by atoms with Gasteiger partial charge in [0.25, 0.3) is 11.4 Å². The fourth-order valence-corrected chi connectivity index (χ4v) is 1.95. The second-order valence-electron chi connectivity index (χ2n) is 4.56. The second-order valence-corrected chi connectivity index (χ2v) is 4.56. The standard InChI is InChI=1S/C13H9N7O4/c21-19(22)10-2-3-11(12(6-10)20(23)24)17-9-7-16-18(8-9)13-14-4-1-5-15-13/h1-8,17H. The topological polar surface area (TPSA) is 142 Å². The van der Waals surface area contributed by atoms with Crippen LogP contribution in [0.5, 0.6) is 0 Å². The van der Waals surface area contributed by atoms with Gasteiger partial charge >= 0.3 is 0 Å². The van der Waals surface area contributed by atoms with Crippen molar-refractivity contribution in [1.82, 2.24) is 19.7 Å². The van der Waals surface area contributed by atoms with E-state index < -0.39 is 15.5 Å². The first-order valence-corrected chi connectivity index (χ1v) is 6.56. The van der Waals surface area contributed by atoms with Crippen LogP contribution in [-0.2, 0) is 0 Å². The third kappa shape index (κ3) is 2.99. The number of nitrogens with zero attached hydrogens (tertiary/aromatic N) is 6. The maximum absolute atomic E-state index is 11.1. The summed E-state index contributed by atoms with van der Waals surface area (Å²) in [6.45, 7) is 0. The van der Waals surface area contributed by atoms with Crippen molar-refractivity contribution in [3.8, 4) is 5.95 Å². The normalized spacial score (nSPS) is 10.3. The number of nitro benzene ring substituents is 2. The van der Waals surface area contributed by atoms with Gasteiger partial charge in [0.2, 0.25) is 5.95 Å². The van der Waals surface area contributed by atoms with Crippen LogP contribution in [0.15, 0.2) is 49.1 Å². The quantitative estimate of drug-likeness (QED) is 0.555. The lowest BCUT2D eigenvalue weighted by molar-refractivity contribution is -0.393. The summed E-state index contributed by atoms with van der Waals surface area (Å²) in [5.41, 5.74) is -0.216. The lowest BCUT2D eigenvalue weighted by Crippen LogP contribution is -2.00. The number of hydrogen-bond donors (Lipinski definition) is 1. The van der Waals surface area contributed by atoms with Crippen LogP contribution < -0.4 is 5.32 Å². The molecule has 1 N–H and O–H groups in total. The van der Waals surface area contributed by atoms with Crippen molar-refractivity contribution in [1.29, 1.82) is 0 Å². The first-order valence-electron chi connectivity index (χ1n) is 6.56. The number of nitro groups is 2. The Morgan fingerprint density at radius 1 is 1.08 bits per heavy atom. The molecule has 0 fully saturated rings. The molecule has 0 unspecified atom stereocenters. The molecule has 0 aliphatic rings. The molecule has 3 rings (SSSR count). The molecule has 0 aliphatic heterocycles. The predicted octanol–water partition coefficient (Wildman–Crippen LogP) is 2.22. The Balaban J connectivity index is 1.90. The van der Waals surface area contributed by atoms with Crippen LogP contribution in [0, 0.1) is 20.2 Å². The summed E-state index contributed by atoms with van der Waals surface area (Å²) in [4.78, 5) is 28.5. The van der Waals surface area contributed by atoms with Gasteiger partial charge in [-0.3, -0.25) is 20.2 Å². The Morgan fingerprint density at radius 2 is 1.83 bits per heavy atom. The summed E-state index contributed by atoms with van der Waals surface area (Å²) in [5.74, 6) is 0.337. The van der Waals surface area contributed by atoms with Crippen molar-refractivity contribution in [2.45, 2.75) is 0 Å². The van der Waals surface area contributed by atoms with Crippen LogP contribution in [0.3, 0.4) is 0 Å². The highest BCUT2D eigenvalue weighted by Gasteiger charge is 2.20. The summed E-state index contributed by atoms with van der Waals surface area (Å²) in [6, 6.07) is 5.01. The van der Waals surface area contributed by atoms with Crippen LogP contribution in [-0.4, -0.2) is 29.6 Å². The highest BCUT2D eigenvalue weighted by molar-refractivity contribution is 5.71. The average molecular weight is 327 g/mol. The maximum atomic E-state index is 11.1. The van der Waals surface area contributed by atoms with Gasteiger partial charge in [-0.25, -0.2) is 14.6 Å². The first kappa shape index (κ1) is 15.0. The van der Waals surface area contributed by atoms with Crippen LogP contribution in [0.2, 0.25) is 0 Å². The molecule has 0 bridgehead atoms. The summed E-state index contributed by atoms with van der Waals surface area (Å²) in [6.07, 6.45) is 6.08. The Morgan fingerprint density at radius 3 is 2.50 bits per heavy atom. The minimum Gasteiger partial charge on any atom is -0.347 e. The average Bonchev–Trinajstić information content (AvgIpc) is 3.04. The maximum Gasteiger partial charge on any atom is 0.299 e. The molecule has 3 aromatic rings. The highest BCUT2D eigenvalue weighted by Crippen LogP contribution is 2.31. The molecule has 0 saturated heterocycles. The Hall–Kier alpha value is -3.89. The SMILES string of the molecule is O=[N+]([O-])c1ccc(Nc2cnn(-c3ncccn3)c2)c([N+](=O)[O-])c1. The van der Waals surface area contributed by atoms with E-state index in [1.54, 1.807) is 24.7 Å². The molecule has 0 amide bonds.